The Bertz CT molecular complexity index is 743. The van der Waals surface area contributed by atoms with Crippen LogP contribution in [-0.4, -0.2) is 48.9 Å². The van der Waals surface area contributed by atoms with Gasteiger partial charge in [-0.05, 0) is 69.2 Å². The number of halogens is 4. The first kappa shape index (κ1) is 25.1. The SMILES string of the molecule is CCN(CC)C(=O)CNC1CCC(CNC(=O)c2cc(CF)cc(C(F)(F)F)c2)CC1. The Kier molecular flexibility index (Phi) is 9.28. The van der Waals surface area contributed by atoms with Crippen LogP contribution in [0.4, 0.5) is 17.6 Å². The highest BCUT2D eigenvalue weighted by Gasteiger charge is 2.32. The Labute approximate surface area is 180 Å². The van der Waals surface area contributed by atoms with Crippen LogP contribution in [0.25, 0.3) is 0 Å². The molecule has 174 valence electrons. The molecule has 1 aromatic carbocycles. The molecule has 0 unspecified atom stereocenters. The van der Waals surface area contributed by atoms with E-state index in [9.17, 15) is 27.2 Å². The first-order chi connectivity index (χ1) is 14.7. The van der Waals surface area contributed by atoms with Gasteiger partial charge in [0.2, 0.25) is 5.91 Å². The van der Waals surface area contributed by atoms with E-state index in [4.69, 9.17) is 0 Å². The van der Waals surface area contributed by atoms with Crippen molar-refractivity contribution >= 4 is 11.8 Å². The number of rotatable bonds is 9. The van der Waals surface area contributed by atoms with E-state index in [-0.39, 0.29) is 29.0 Å². The average Bonchev–Trinajstić information content (AvgIpc) is 2.76. The largest absolute Gasteiger partial charge is 0.416 e. The second-order valence-electron chi connectivity index (χ2n) is 7.92. The molecule has 0 bridgehead atoms. The Morgan fingerprint density at radius 1 is 1.06 bits per heavy atom. The minimum absolute atomic E-state index is 0.0770. The van der Waals surface area contributed by atoms with Gasteiger partial charge in [0.15, 0.2) is 0 Å². The number of carbonyl (C=O) groups excluding carboxylic acids is 2. The van der Waals surface area contributed by atoms with Crippen molar-refractivity contribution in [3.8, 4) is 0 Å². The number of amides is 2. The fourth-order valence-electron chi connectivity index (χ4n) is 3.89. The lowest BCUT2D eigenvalue weighted by Gasteiger charge is -2.30. The van der Waals surface area contributed by atoms with Crippen LogP contribution in [0, 0.1) is 5.92 Å². The van der Waals surface area contributed by atoms with Gasteiger partial charge >= 0.3 is 6.18 Å². The number of benzene rings is 1. The minimum atomic E-state index is -4.64. The van der Waals surface area contributed by atoms with E-state index in [1.54, 1.807) is 4.90 Å². The topological polar surface area (TPSA) is 61.4 Å². The van der Waals surface area contributed by atoms with Gasteiger partial charge in [0.1, 0.15) is 6.67 Å². The number of carbonyl (C=O) groups is 2. The zero-order valence-electron chi connectivity index (χ0n) is 18.0. The third-order valence-electron chi connectivity index (χ3n) is 5.79. The maximum absolute atomic E-state index is 13.0. The van der Waals surface area contributed by atoms with Gasteiger partial charge in [-0.1, -0.05) is 0 Å². The Balaban J connectivity index is 1.81. The van der Waals surface area contributed by atoms with Crippen LogP contribution in [0.3, 0.4) is 0 Å². The Morgan fingerprint density at radius 2 is 1.71 bits per heavy atom. The van der Waals surface area contributed by atoms with Crippen LogP contribution < -0.4 is 10.6 Å². The maximum Gasteiger partial charge on any atom is 0.416 e. The van der Waals surface area contributed by atoms with Crippen molar-refractivity contribution < 1.29 is 27.2 Å². The quantitative estimate of drug-likeness (QED) is 0.567. The highest BCUT2D eigenvalue weighted by molar-refractivity contribution is 5.94. The molecule has 1 saturated carbocycles. The molecule has 0 heterocycles. The van der Waals surface area contributed by atoms with Crippen molar-refractivity contribution in [2.75, 3.05) is 26.2 Å². The maximum atomic E-state index is 13.0. The van der Waals surface area contributed by atoms with Crippen LogP contribution >= 0.6 is 0 Å². The van der Waals surface area contributed by atoms with Gasteiger partial charge in [0.25, 0.3) is 5.91 Å². The van der Waals surface area contributed by atoms with Gasteiger partial charge in [0, 0.05) is 31.2 Å². The molecule has 2 rings (SSSR count). The molecule has 9 heteroatoms. The van der Waals surface area contributed by atoms with Crippen molar-refractivity contribution in [1.29, 1.82) is 0 Å². The number of hydrogen-bond donors (Lipinski definition) is 2. The number of hydrogen-bond acceptors (Lipinski definition) is 3. The molecule has 1 fully saturated rings. The van der Waals surface area contributed by atoms with Gasteiger partial charge in [-0.25, -0.2) is 4.39 Å². The van der Waals surface area contributed by atoms with Crippen LogP contribution in [0.5, 0.6) is 0 Å². The lowest BCUT2D eigenvalue weighted by Crippen LogP contribution is -2.43. The molecule has 0 saturated heterocycles. The predicted molar refractivity (Wildman–Crippen MR) is 110 cm³/mol. The summed E-state index contributed by atoms with van der Waals surface area (Å²) in [5.74, 6) is -0.342. The normalized spacial score (nSPS) is 19.2. The molecule has 0 atom stereocenters. The lowest BCUT2D eigenvalue weighted by atomic mass is 9.86. The predicted octanol–water partition coefficient (Wildman–Crippen LogP) is 3.92. The zero-order valence-corrected chi connectivity index (χ0v) is 18.0. The van der Waals surface area contributed by atoms with Crippen molar-refractivity contribution in [2.45, 2.75) is 58.4 Å². The zero-order chi connectivity index (χ0) is 23.0. The molecular weight excluding hydrogens is 414 g/mol. The van der Waals surface area contributed by atoms with Crippen LogP contribution in [0.1, 0.15) is 61.0 Å². The van der Waals surface area contributed by atoms with Crippen molar-refractivity contribution in [2.24, 2.45) is 5.92 Å². The minimum Gasteiger partial charge on any atom is -0.352 e. The third kappa shape index (κ3) is 7.48. The monoisotopic (exact) mass is 445 g/mol. The number of nitrogens with one attached hydrogen (secondary N) is 2. The van der Waals surface area contributed by atoms with E-state index in [0.29, 0.717) is 26.2 Å². The number of likely N-dealkylation sites (N-methyl/N-ethyl adjacent to an activating group) is 1. The van der Waals surface area contributed by atoms with Crippen LogP contribution in [0.2, 0.25) is 0 Å². The summed E-state index contributed by atoms with van der Waals surface area (Å²) < 4.78 is 51.8. The summed E-state index contributed by atoms with van der Waals surface area (Å²) in [6.45, 7) is 4.84. The molecule has 1 aliphatic rings. The molecule has 2 amide bonds. The fourth-order valence-corrected chi connectivity index (χ4v) is 3.89. The average molecular weight is 446 g/mol. The summed E-state index contributed by atoms with van der Waals surface area (Å²) in [6, 6.07) is 2.86. The Hall–Kier alpha value is -2.16. The van der Waals surface area contributed by atoms with Crippen molar-refractivity contribution in [3.63, 3.8) is 0 Å². The Morgan fingerprint density at radius 3 is 2.26 bits per heavy atom. The van der Waals surface area contributed by atoms with Gasteiger partial charge in [-0.2, -0.15) is 13.2 Å². The third-order valence-corrected chi connectivity index (χ3v) is 5.79. The molecule has 1 aliphatic carbocycles. The smallest absolute Gasteiger partial charge is 0.352 e. The molecule has 2 N–H and O–H groups in total. The van der Waals surface area contributed by atoms with E-state index in [0.717, 1.165) is 43.9 Å². The molecule has 31 heavy (non-hydrogen) atoms. The molecule has 1 aromatic rings. The van der Waals surface area contributed by atoms with Crippen molar-refractivity contribution in [3.05, 3.63) is 34.9 Å². The summed E-state index contributed by atoms with van der Waals surface area (Å²) in [7, 11) is 0. The van der Waals surface area contributed by atoms with E-state index >= 15 is 0 Å². The van der Waals surface area contributed by atoms with Crippen LogP contribution in [-0.2, 0) is 17.6 Å². The molecule has 0 aromatic heterocycles. The summed E-state index contributed by atoms with van der Waals surface area (Å²) in [5.41, 5.74) is -1.39. The van der Waals surface area contributed by atoms with E-state index < -0.39 is 24.3 Å². The molecule has 0 aliphatic heterocycles. The second-order valence-corrected chi connectivity index (χ2v) is 7.92. The lowest BCUT2D eigenvalue weighted by molar-refractivity contribution is -0.137. The van der Waals surface area contributed by atoms with E-state index in [2.05, 4.69) is 10.6 Å². The highest BCUT2D eigenvalue weighted by atomic mass is 19.4. The van der Waals surface area contributed by atoms with E-state index in [1.165, 1.54) is 0 Å². The van der Waals surface area contributed by atoms with Crippen LogP contribution in [0.15, 0.2) is 18.2 Å². The molecule has 5 nitrogen and oxygen atoms in total. The number of nitrogens with zero attached hydrogens (tertiary/aromatic N) is 1. The van der Waals surface area contributed by atoms with Crippen molar-refractivity contribution in [1.82, 2.24) is 15.5 Å². The second kappa shape index (κ2) is 11.5. The fraction of sp³-hybridized carbons (Fsp3) is 0.636. The van der Waals surface area contributed by atoms with Gasteiger partial charge in [-0.3, -0.25) is 9.59 Å². The summed E-state index contributed by atoms with van der Waals surface area (Å²) in [4.78, 5) is 26.2. The molecule has 0 radical (unpaired) electrons. The molecule has 0 spiro atoms. The molecular formula is C22H31F4N3O2. The van der Waals surface area contributed by atoms with Gasteiger partial charge in [-0.15, -0.1) is 0 Å². The number of alkyl halides is 4. The summed E-state index contributed by atoms with van der Waals surface area (Å²) >= 11 is 0. The van der Waals surface area contributed by atoms with E-state index in [1.807, 2.05) is 13.8 Å². The van der Waals surface area contributed by atoms with Gasteiger partial charge in [0.05, 0.1) is 12.1 Å². The standard InChI is InChI=1S/C22H31F4N3O2/c1-3-29(4-2)20(30)14-27-19-7-5-15(6-8-19)13-28-21(31)17-9-16(12-23)10-18(11-17)22(24,25)26/h9-11,15,19,27H,3-8,12-14H2,1-2H3,(H,28,31). The first-order valence-corrected chi connectivity index (χ1v) is 10.7. The van der Waals surface area contributed by atoms with Gasteiger partial charge < -0.3 is 15.5 Å². The highest BCUT2D eigenvalue weighted by Crippen LogP contribution is 2.31. The first-order valence-electron chi connectivity index (χ1n) is 10.7. The summed E-state index contributed by atoms with van der Waals surface area (Å²) in [5, 5.41) is 5.98. The summed E-state index contributed by atoms with van der Waals surface area (Å²) in [6.07, 6.45) is -1.23.